The summed E-state index contributed by atoms with van der Waals surface area (Å²) in [6.45, 7) is 1.31. The van der Waals surface area contributed by atoms with Crippen LogP contribution in [-0.2, 0) is 12.8 Å². The fourth-order valence-corrected chi connectivity index (χ4v) is 2.69. The first-order valence-electron chi connectivity index (χ1n) is 8.05. The number of halogens is 1. The summed E-state index contributed by atoms with van der Waals surface area (Å²) in [6, 6.07) is 15.0. The van der Waals surface area contributed by atoms with Gasteiger partial charge in [-0.05, 0) is 42.2 Å². The van der Waals surface area contributed by atoms with Crippen LogP contribution in [0.5, 0.6) is 0 Å². The molecule has 0 amide bonds. The van der Waals surface area contributed by atoms with Gasteiger partial charge in [-0.2, -0.15) is 0 Å². The Labute approximate surface area is 140 Å². The van der Waals surface area contributed by atoms with Crippen LogP contribution in [0.15, 0.2) is 59.7 Å². The van der Waals surface area contributed by atoms with Gasteiger partial charge in [0.2, 0.25) is 0 Å². The maximum Gasteiger partial charge on any atom is 0.188 e. The Bertz CT molecular complexity index is 824. The average Bonchev–Trinajstić information content (AvgIpc) is 2.98. The van der Waals surface area contributed by atoms with Gasteiger partial charge in [0, 0.05) is 30.2 Å². The standard InChI is InChI=1S/C19H21FN4/c20-16-6-7-18-17(12-16)15(13-24-18)9-11-23-19(21)22-10-8-14-4-2-1-3-5-14/h1-7,12-13,24H,8-11H2,(H3,21,22,23). The van der Waals surface area contributed by atoms with E-state index < -0.39 is 0 Å². The fraction of sp³-hybridized carbons (Fsp3) is 0.211. The van der Waals surface area contributed by atoms with Crippen LogP contribution in [0.4, 0.5) is 4.39 Å². The molecule has 0 bridgehead atoms. The molecule has 4 N–H and O–H groups in total. The van der Waals surface area contributed by atoms with Crippen LogP contribution in [0.2, 0.25) is 0 Å². The lowest BCUT2D eigenvalue weighted by molar-refractivity contribution is 0.629. The maximum atomic E-state index is 13.4. The maximum absolute atomic E-state index is 13.4. The molecule has 0 saturated carbocycles. The fourth-order valence-electron chi connectivity index (χ4n) is 2.69. The first-order chi connectivity index (χ1) is 11.7. The third kappa shape index (κ3) is 4.13. The van der Waals surface area contributed by atoms with Gasteiger partial charge in [0.25, 0.3) is 0 Å². The van der Waals surface area contributed by atoms with Crippen LogP contribution in [-0.4, -0.2) is 24.0 Å². The van der Waals surface area contributed by atoms with E-state index in [1.807, 2.05) is 24.4 Å². The lowest BCUT2D eigenvalue weighted by atomic mass is 10.1. The first-order valence-corrected chi connectivity index (χ1v) is 8.05. The second-order valence-corrected chi connectivity index (χ2v) is 5.68. The molecule has 24 heavy (non-hydrogen) atoms. The molecule has 1 aromatic heterocycles. The molecular weight excluding hydrogens is 303 g/mol. The van der Waals surface area contributed by atoms with E-state index in [2.05, 4.69) is 27.4 Å². The predicted molar refractivity (Wildman–Crippen MR) is 96.6 cm³/mol. The topological polar surface area (TPSA) is 66.2 Å². The number of hydrogen-bond acceptors (Lipinski definition) is 1. The minimum absolute atomic E-state index is 0.228. The summed E-state index contributed by atoms with van der Waals surface area (Å²) < 4.78 is 13.4. The molecule has 0 fully saturated rings. The first kappa shape index (κ1) is 16.1. The van der Waals surface area contributed by atoms with Crippen molar-refractivity contribution in [2.75, 3.05) is 13.1 Å². The van der Waals surface area contributed by atoms with Crippen molar-refractivity contribution in [3.8, 4) is 0 Å². The minimum atomic E-state index is -0.228. The molecule has 0 aliphatic carbocycles. The van der Waals surface area contributed by atoms with E-state index >= 15 is 0 Å². The average molecular weight is 324 g/mol. The number of H-pyrrole nitrogens is 1. The number of aliphatic imine (C=N–C) groups is 1. The van der Waals surface area contributed by atoms with Gasteiger partial charge >= 0.3 is 0 Å². The number of aromatic amines is 1. The lowest BCUT2D eigenvalue weighted by Gasteiger charge is -2.05. The summed E-state index contributed by atoms with van der Waals surface area (Å²) in [7, 11) is 0. The molecule has 0 aliphatic rings. The van der Waals surface area contributed by atoms with E-state index in [4.69, 9.17) is 5.73 Å². The summed E-state index contributed by atoms with van der Waals surface area (Å²) in [4.78, 5) is 7.48. The van der Waals surface area contributed by atoms with Crippen molar-refractivity contribution in [3.63, 3.8) is 0 Å². The van der Waals surface area contributed by atoms with Crippen molar-refractivity contribution in [2.24, 2.45) is 10.7 Å². The van der Waals surface area contributed by atoms with Crippen molar-refractivity contribution in [1.29, 1.82) is 0 Å². The third-order valence-corrected chi connectivity index (χ3v) is 3.96. The number of guanidine groups is 1. The molecule has 0 spiro atoms. The molecular formula is C19H21FN4. The lowest BCUT2D eigenvalue weighted by Crippen LogP contribution is -2.33. The minimum Gasteiger partial charge on any atom is -0.370 e. The highest BCUT2D eigenvalue weighted by Crippen LogP contribution is 2.19. The van der Waals surface area contributed by atoms with Crippen LogP contribution in [0, 0.1) is 5.82 Å². The Kier molecular flexibility index (Phi) is 5.11. The zero-order valence-electron chi connectivity index (χ0n) is 13.4. The largest absolute Gasteiger partial charge is 0.370 e. The smallest absolute Gasteiger partial charge is 0.188 e. The Morgan fingerprint density at radius 1 is 1.12 bits per heavy atom. The molecule has 0 aliphatic heterocycles. The van der Waals surface area contributed by atoms with E-state index in [1.165, 1.54) is 11.6 Å². The molecule has 2 aromatic carbocycles. The van der Waals surface area contributed by atoms with Crippen LogP contribution in [0.1, 0.15) is 11.1 Å². The SMILES string of the molecule is NC(=NCCc1c[nH]c2ccc(F)cc12)NCCc1ccccc1. The second-order valence-electron chi connectivity index (χ2n) is 5.68. The number of fused-ring (bicyclic) bond motifs is 1. The highest BCUT2D eigenvalue weighted by Gasteiger charge is 2.04. The Morgan fingerprint density at radius 3 is 2.79 bits per heavy atom. The van der Waals surface area contributed by atoms with E-state index in [0.29, 0.717) is 18.9 Å². The van der Waals surface area contributed by atoms with Gasteiger partial charge in [-0.15, -0.1) is 0 Å². The number of nitrogens with one attached hydrogen (secondary N) is 2. The van der Waals surface area contributed by atoms with Crippen LogP contribution in [0.25, 0.3) is 10.9 Å². The third-order valence-electron chi connectivity index (χ3n) is 3.96. The number of rotatable bonds is 6. The molecule has 3 rings (SSSR count). The van der Waals surface area contributed by atoms with Gasteiger partial charge in [-0.25, -0.2) is 4.39 Å². The van der Waals surface area contributed by atoms with Gasteiger partial charge in [0.15, 0.2) is 5.96 Å². The van der Waals surface area contributed by atoms with E-state index in [1.54, 1.807) is 12.1 Å². The molecule has 4 nitrogen and oxygen atoms in total. The Hall–Kier alpha value is -2.82. The van der Waals surface area contributed by atoms with Crippen molar-refractivity contribution in [3.05, 3.63) is 71.7 Å². The molecule has 0 atom stereocenters. The highest BCUT2D eigenvalue weighted by molar-refractivity contribution is 5.83. The van der Waals surface area contributed by atoms with Crippen molar-refractivity contribution >= 4 is 16.9 Å². The number of hydrogen-bond donors (Lipinski definition) is 3. The molecule has 0 saturated heterocycles. The summed E-state index contributed by atoms with van der Waals surface area (Å²) in [5.41, 5.74) is 9.13. The monoisotopic (exact) mass is 324 g/mol. The number of nitrogens with two attached hydrogens (primary N) is 1. The molecule has 124 valence electrons. The molecule has 1 heterocycles. The number of benzene rings is 2. The summed E-state index contributed by atoms with van der Waals surface area (Å²) in [6.07, 6.45) is 3.52. The van der Waals surface area contributed by atoms with E-state index in [9.17, 15) is 4.39 Å². The van der Waals surface area contributed by atoms with Crippen LogP contribution < -0.4 is 11.1 Å². The van der Waals surface area contributed by atoms with E-state index in [0.717, 1.165) is 29.4 Å². The number of aromatic nitrogens is 1. The van der Waals surface area contributed by atoms with Crippen LogP contribution in [0.3, 0.4) is 0 Å². The van der Waals surface area contributed by atoms with Gasteiger partial charge < -0.3 is 16.0 Å². The Morgan fingerprint density at radius 2 is 1.96 bits per heavy atom. The van der Waals surface area contributed by atoms with Crippen LogP contribution >= 0.6 is 0 Å². The summed E-state index contributed by atoms with van der Waals surface area (Å²) >= 11 is 0. The Balaban J connectivity index is 1.49. The molecule has 0 unspecified atom stereocenters. The molecule has 0 radical (unpaired) electrons. The second kappa shape index (κ2) is 7.64. The van der Waals surface area contributed by atoms with Gasteiger partial charge in [0.1, 0.15) is 5.82 Å². The molecule has 3 aromatic rings. The normalized spacial score (nSPS) is 11.8. The quantitative estimate of drug-likeness (QED) is 0.482. The summed E-state index contributed by atoms with van der Waals surface area (Å²) in [5.74, 6) is 0.214. The highest BCUT2D eigenvalue weighted by atomic mass is 19.1. The summed E-state index contributed by atoms with van der Waals surface area (Å²) in [5, 5.41) is 4.02. The van der Waals surface area contributed by atoms with Crippen molar-refractivity contribution < 1.29 is 4.39 Å². The van der Waals surface area contributed by atoms with Gasteiger partial charge in [0.05, 0.1) is 0 Å². The van der Waals surface area contributed by atoms with Gasteiger partial charge in [-0.1, -0.05) is 30.3 Å². The van der Waals surface area contributed by atoms with Crippen molar-refractivity contribution in [2.45, 2.75) is 12.8 Å². The number of nitrogens with zero attached hydrogens (tertiary/aromatic N) is 1. The van der Waals surface area contributed by atoms with Crippen molar-refractivity contribution in [1.82, 2.24) is 10.3 Å². The zero-order chi connectivity index (χ0) is 16.8. The van der Waals surface area contributed by atoms with Gasteiger partial charge in [-0.3, -0.25) is 4.99 Å². The van der Waals surface area contributed by atoms with E-state index in [-0.39, 0.29) is 5.82 Å². The predicted octanol–water partition coefficient (Wildman–Crippen LogP) is 3.00. The zero-order valence-corrected chi connectivity index (χ0v) is 13.4. The molecule has 5 heteroatoms.